The summed E-state index contributed by atoms with van der Waals surface area (Å²) in [5.41, 5.74) is 8.51. The van der Waals surface area contributed by atoms with Gasteiger partial charge in [0.15, 0.2) is 17.4 Å². The van der Waals surface area contributed by atoms with E-state index in [2.05, 4.69) is 32.5 Å². The summed E-state index contributed by atoms with van der Waals surface area (Å²) in [5, 5.41) is 19.0. The number of nitrogens with zero attached hydrogens (tertiary/aromatic N) is 4. The summed E-state index contributed by atoms with van der Waals surface area (Å²) in [5.74, 6) is 0.691. The van der Waals surface area contributed by atoms with Crippen LogP contribution in [0, 0.1) is 0 Å². The highest BCUT2D eigenvalue weighted by atomic mass is 16.3. The maximum absolute atomic E-state index is 11.8. The van der Waals surface area contributed by atoms with Gasteiger partial charge in [0.1, 0.15) is 17.1 Å². The highest BCUT2D eigenvalue weighted by molar-refractivity contribution is 5.94. The van der Waals surface area contributed by atoms with Crippen LogP contribution in [0.2, 0.25) is 0 Å². The second-order valence-electron chi connectivity index (χ2n) is 8.78. The number of imidazole rings is 1. The first-order chi connectivity index (χ1) is 17.0. The zero-order valence-electron chi connectivity index (χ0n) is 19.5. The fourth-order valence-corrected chi connectivity index (χ4v) is 4.62. The average molecular weight is 465 g/mol. The van der Waals surface area contributed by atoms with Crippen molar-refractivity contribution in [1.29, 1.82) is 0 Å². The molecule has 8 heteroatoms. The lowest BCUT2D eigenvalue weighted by molar-refractivity contribution is 0.0983. The fraction of sp³-hybridized carbons (Fsp3) is 0.185. The Hall–Kier alpha value is -4.30. The Balaban J connectivity index is 1.32. The van der Waals surface area contributed by atoms with E-state index >= 15 is 0 Å². The number of aromatic amines is 1. The van der Waals surface area contributed by atoms with E-state index in [0.717, 1.165) is 40.8 Å². The Morgan fingerprint density at radius 1 is 1.03 bits per heavy atom. The maximum atomic E-state index is 11.8. The smallest absolute Gasteiger partial charge is 0.180 e. The van der Waals surface area contributed by atoms with Gasteiger partial charge in [-0.1, -0.05) is 37.3 Å². The first-order valence-electron chi connectivity index (χ1n) is 11.6. The molecule has 0 spiro atoms. The quantitative estimate of drug-likeness (QED) is 0.328. The van der Waals surface area contributed by atoms with Crippen molar-refractivity contribution in [3.8, 4) is 39.7 Å². The van der Waals surface area contributed by atoms with Gasteiger partial charge in [0.2, 0.25) is 0 Å². The van der Waals surface area contributed by atoms with Crippen molar-refractivity contribution in [3.05, 3.63) is 71.5 Å². The maximum Gasteiger partial charge on any atom is 0.180 e. The molecule has 0 fully saturated rings. The summed E-state index contributed by atoms with van der Waals surface area (Å²) < 4.78 is 1.65. The minimum absolute atomic E-state index is 0.0268. The molecule has 8 nitrogen and oxygen atoms in total. The van der Waals surface area contributed by atoms with E-state index in [9.17, 15) is 9.90 Å². The highest BCUT2D eigenvalue weighted by Gasteiger charge is 2.22. The lowest BCUT2D eigenvalue weighted by atomic mass is 10.0. The first-order valence-corrected chi connectivity index (χ1v) is 11.6. The third-order valence-corrected chi connectivity index (χ3v) is 6.54. The molecule has 4 heterocycles. The van der Waals surface area contributed by atoms with E-state index in [-0.39, 0.29) is 11.5 Å². The number of aryl methyl sites for hydroxylation is 1. The third kappa shape index (κ3) is 3.59. The van der Waals surface area contributed by atoms with Gasteiger partial charge in [0.25, 0.3) is 0 Å². The van der Waals surface area contributed by atoms with Crippen LogP contribution in [0.4, 0.5) is 0 Å². The normalized spacial score (nSPS) is 12.9. The van der Waals surface area contributed by atoms with Gasteiger partial charge in [0.05, 0.1) is 11.0 Å². The molecule has 5 aromatic rings. The highest BCUT2D eigenvalue weighted by Crippen LogP contribution is 2.38. The number of hydrogen-bond acceptors (Lipinski definition) is 6. The van der Waals surface area contributed by atoms with Crippen molar-refractivity contribution in [1.82, 2.24) is 30.0 Å². The molecule has 3 aromatic heterocycles. The molecule has 0 radical (unpaired) electrons. The van der Waals surface area contributed by atoms with Gasteiger partial charge in [-0.3, -0.25) is 14.5 Å². The van der Waals surface area contributed by atoms with Crippen molar-refractivity contribution < 1.29 is 9.90 Å². The van der Waals surface area contributed by atoms with Crippen molar-refractivity contribution in [2.45, 2.75) is 26.4 Å². The van der Waals surface area contributed by atoms with Crippen LogP contribution in [0.15, 0.2) is 54.7 Å². The lowest BCUT2D eigenvalue weighted by Gasteiger charge is -2.04. The number of hydrogen-bond donors (Lipinski definition) is 3. The van der Waals surface area contributed by atoms with Crippen molar-refractivity contribution in [2.24, 2.45) is 7.05 Å². The molecule has 0 saturated carbocycles. The molecule has 0 amide bonds. The molecular weight excluding hydrogens is 440 g/mol. The van der Waals surface area contributed by atoms with Crippen LogP contribution in [-0.4, -0.2) is 35.6 Å². The van der Waals surface area contributed by atoms with Crippen LogP contribution in [-0.2, 0) is 20.1 Å². The molecule has 1 aliphatic heterocycles. The van der Waals surface area contributed by atoms with Crippen LogP contribution < -0.4 is 5.32 Å². The van der Waals surface area contributed by atoms with Crippen molar-refractivity contribution in [3.63, 3.8) is 0 Å². The number of fused-ring (bicyclic) bond motifs is 2. The second kappa shape index (κ2) is 8.18. The topological polar surface area (TPSA) is 109 Å². The summed E-state index contributed by atoms with van der Waals surface area (Å²) >= 11 is 0. The molecule has 1 aliphatic rings. The molecule has 35 heavy (non-hydrogen) atoms. The van der Waals surface area contributed by atoms with Crippen LogP contribution in [0.1, 0.15) is 35.0 Å². The van der Waals surface area contributed by atoms with E-state index in [0.29, 0.717) is 29.3 Å². The van der Waals surface area contributed by atoms with E-state index in [1.165, 1.54) is 11.1 Å². The summed E-state index contributed by atoms with van der Waals surface area (Å²) in [6.07, 6.45) is 2.14. The van der Waals surface area contributed by atoms with Crippen LogP contribution in [0.5, 0.6) is 5.75 Å². The van der Waals surface area contributed by atoms with E-state index in [1.807, 2.05) is 37.3 Å². The number of carbonyl (C=O) groups excluding carboxylic acids is 1. The summed E-state index contributed by atoms with van der Waals surface area (Å²) in [4.78, 5) is 24.2. The molecule has 0 saturated heterocycles. The van der Waals surface area contributed by atoms with Crippen LogP contribution >= 0.6 is 0 Å². The Labute approximate surface area is 201 Å². The molecule has 0 atom stereocenters. The fourth-order valence-electron chi connectivity index (χ4n) is 4.62. The number of rotatable bonds is 5. The number of carbonyl (C=O) groups is 1. The number of benzene rings is 2. The summed E-state index contributed by atoms with van der Waals surface area (Å²) in [7, 11) is 1.80. The molecule has 0 bridgehead atoms. The molecule has 3 N–H and O–H groups in total. The standard InChI is InChI=1S/C27H24N6O2/c1-3-23(34)20-9-8-17(14-29-20)15-4-6-16(7-5-15)24-26(35)25(33(2)32-24)27-30-21-10-18-12-28-13-19(18)11-22(21)31-27/h4-11,14,28,35H,3,12-13H2,1-2H3,(H,30,31). The Morgan fingerprint density at radius 2 is 1.74 bits per heavy atom. The Bertz CT molecular complexity index is 1540. The van der Waals surface area contributed by atoms with Gasteiger partial charge in [-0.15, -0.1) is 0 Å². The summed E-state index contributed by atoms with van der Waals surface area (Å²) in [6, 6.07) is 15.6. The van der Waals surface area contributed by atoms with Crippen LogP contribution in [0.3, 0.4) is 0 Å². The van der Waals surface area contributed by atoms with Gasteiger partial charge < -0.3 is 15.4 Å². The largest absolute Gasteiger partial charge is 0.504 e. The van der Waals surface area contributed by atoms with Crippen molar-refractivity contribution in [2.75, 3.05) is 0 Å². The Kier molecular flexibility index (Phi) is 4.96. The minimum Gasteiger partial charge on any atom is -0.504 e. The van der Waals surface area contributed by atoms with E-state index in [4.69, 9.17) is 4.98 Å². The van der Waals surface area contributed by atoms with Crippen LogP contribution in [0.25, 0.3) is 44.9 Å². The molecule has 2 aromatic carbocycles. The number of aromatic nitrogens is 5. The first kappa shape index (κ1) is 21.2. The Morgan fingerprint density at radius 3 is 2.46 bits per heavy atom. The SMILES string of the molecule is CCC(=O)c1ccc(-c2ccc(-c3nn(C)c(-c4nc5cc6c(cc5[nH]4)CNC6)c3O)cc2)cn1. The predicted molar refractivity (Wildman–Crippen MR) is 134 cm³/mol. The van der Waals surface area contributed by atoms with Gasteiger partial charge in [-0.05, 0) is 34.9 Å². The van der Waals surface area contributed by atoms with E-state index < -0.39 is 0 Å². The monoisotopic (exact) mass is 464 g/mol. The van der Waals surface area contributed by atoms with Gasteiger partial charge in [-0.2, -0.15) is 5.10 Å². The van der Waals surface area contributed by atoms with Gasteiger partial charge in [-0.25, -0.2) is 4.98 Å². The number of pyridine rings is 1. The molecular formula is C27H24N6O2. The molecule has 6 rings (SSSR count). The average Bonchev–Trinajstić information content (AvgIpc) is 3.58. The number of H-pyrrole nitrogens is 1. The number of nitrogens with one attached hydrogen (secondary N) is 2. The zero-order valence-corrected chi connectivity index (χ0v) is 19.5. The second-order valence-corrected chi connectivity index (χ2v) is 8.78. The number of ketones is 1. The summed E-state index contributed by atoms with van der Waals surface area (Å²) in [6.45, 7) is 3.53. The predicted octanol–water partition coefficient (Wildman–Crippen LogP) is 4.59. The van der Waals surface area contributed by atoms with Gasteiger partial charge in [0, 0.05) is 43.9 Å². The third-order valence-electron chi connectivity index (χ3n) is 6.54. The lowest BCUT2D eigenvalue weighted by Crippen LogP contribution is -1.99. The van der Waals surface area contributed by atoms with Gasteiger partial charge >= 0.3 is 0 Å². The molecule has 0 unspecified atom stereocenters. The minimum atomic E-state index is 0.0268. The molecule has 0 aliphatic carbocycles. The molecule has 174 valence electrons. The number of Topliss-reactive ketones (excluding diaryl/α,β-unsaturated/α-hetero) is 1. The van der Waals surface area contributed by atoms with E-state index in [1.54, 1.807) is 24.0 Å². The number of aromatic hydroxyl groups is 1. The van der Waals surface area contributed by atoms with Crippen molar-refractivity contribution >= 4 is 16.8 Å². The zero-order chi connectivity index (χ0) is 24.1.